The molecular weight excluding hydrogens is 264 g/mol. The second-order valence-electron chi connectivity index (χ2n) is 6.07. The van der Waals surface area contributed by atoms with Crippen LogP contribution >= 0.6 is 11.6 Å². The van der Waals surface area contributed by atoms with Gasteiger partial charge in [0.25, 0.3) is 0 Å². The van der Waals surface area contributed by atoms with E-state index in [4.69, 9.17) is 11.6 Å². The van der Waals surface area contributed by atoms with Crippen LogP contribution in [0.25, 0.3) is 0 Å². The molecular formula is C19H37Cl. The third kappa shape index (κ3) is 16.1. The Balaban J connectivity index is 3.08. The molecule has 0 aromatic carbocycles. The summed E-state index contributed by atoms with van der Waals surface area (Å²) >= 11 is 6.31. The summed E-state index contributed by atoms with van der Waals surface area (Å²) in [6.45, 7) is 4.36. The van der Waals surface area contributed by atoms with E-state index in [-0.39, 0.29) is 0 Å². The monoisotopic (exact) mass is 300 g/mol. The van der Waals surface area contributed by atoms with Gasteiger partial charge in [0.2, 0.25) is 0 Å². The molecule has 0 aromatic rings. The molecule has 0 heterocycles. The van der Waals surface area contributed by atoms with Gasteiger partial charge in [-0.1, -0.05) is 89.7 Å². The minimum absolute atomic E-state index is 0.393. The highest BCUT2D eigenvalue weighted by Crippen LogP contribution is 2.16. The number of hydrogen-bond donors (Lipinski definition) is 0. The first-order valence-corrected chi connectivity index (χ1v) is 9.50. The largest absolute Gasteiger partial charge is 0.123 e. The number of alkyl halides is 1. The number of allylic oxidation sites excluding steroid dienone is 2. The van der Waals surface area contributed by atoms with Crippen LogP contribution in [0.4, 0.5) is 0 Å². The van der Waals surface area contributed by atoms with Gasteiger partial charge >= 0.3 is 0 Å². The predicted molar refractivity (Wildman–Crippen MR) is 94.8 cm³/mol. The van der Waals surface area contributed by atoms with Crippen LogP contribution in [0.5, 0.6) is 0 Å². The Morgan fingerprint density at radius 3 is 1.75 bits per heavy atom. The molecule has 120 valence electrons. The van der Waals surface area contributed by atoms with E-state index in [1.807, 2.05) is 0 Å². The lowest BCUT2D eigenvalue weighted by atomic mass is 10.0. The van der Waals surface area contributed by atoms with Crippen LogP contribution in [-0.4, -0.2) is 5.38 Å². The zero-order chi connectivity index (χ0) is 14.9. The van der Waals surface area contributed by atoms with Gasteiger partial charge in [0.15, 0.2) is 0 Å². The molecule has 0 N–H and O–H groups in total. The lowest BCUT2D eigenvalue weighted by Gasteiger charge is -2.07. The minimum Gasteiger partial charge on any atom is -0.123 e. The van der Waals surface area contributed by atoms with Gasteiger partial charge in [-0.2, -0.15) is 0 Å². The summed E-state index contributed by atoms with van der Waals surface area (Å²) in [7, 11) is 0. The maximum absolute atomic E-state index is 6.31. The summed E-state index contributed by atoms with van der Waals surface area (Å²) in [6.07, 6.45) is 23.4. The minimum atomic E-state index is 0.393. The van der Waals surface area contributed by atoms with Crippen molar-refractivity contribution < 1.29 is 0 Å². The normalized spacial score (nSPS) is 13.2. The van der Waals surface area contributed by atoms with Crippen LogP contribution in [0.2, 0.25) is 0 Å². The van der Waals surface area contributed by atoms with Gasteiger partial charge in [-0.15, -0.1) is 11.6 Å². The average Bonchev–Trinajstić information content (AvgIpc) is 2.45. The fraction of sp³-hybridized carbons (Fsp3) is 0.895. The standard InChI is InChI=1S/C19H37Cl/c1-3-5-7-8-9-10-11-12-13-14-16-18-19(20)17-15-6-4-2/h4,6,19H,3,5,7-18H2,1-2H3. The second-order valence-corrected chi connectivity index (χ2v) is 6.69. The highest BCUT2D eigenvalue weighted by Gasteiger charge is 2.02. The van der Waals surface area contributed by atoms with Crippen LogP contribution in [0.15, 0.2) is 12.2 Å². The van der Waals surface area contributed by atoms with Gasteiger partial charge in [-0.25, -0.2) is 0 Å². The third-order valence-corrected chi connectivity index (χ3v) is 4.44. The summed E-state index contributed by atoms with van der Waals surface area (Å²) in [5.74, 6) is 0. The summed E-state index contributed by atoms with van der Waals surface area (Å²) < 4.78 is 0. The smallest absolute Gasteiger partial charge is 0.0339 e. The molecule has 0 aliphatic rings. The number of halogens is 1. The SMILES string of the molecule is CC=CCCC(Cl)CCCCCCCCCCCCC. The Morgan fingerprint density at radius 2 is 1.25 bits per heavy atom. The van der Waals surface area contributed by atoms with Crippen molar-refractivity contribution in [1.82, 2.24) is 0 Å². The van der Waals surface area contributed by atoms with Crippen molar-refractivity contribution in [2.24, 2.45) is 0 Å². The van der Waals surface area contributed by atoms with Crippen LogP contribution < -0.4 is 0 Å². The number of rotatable bonds is 15. The van der Waals surface area contributed by atoms with E-state index in [2.05, 4.69) is 26.0 Å². The van der Waals surface area contributed by atoms with Crippen LogP contribution in [-0.2, 0) is 0 Å². The maximum Gasteiger partial charge on any atom is 0.0339 e. The molecule has 0 fully saturated rings. The molecule has 0 saturated carbocycles. The first kappa shape index (κ1) is 20.0. The average molecular weight is 301 g/mol. The first-order chi connectivity index (χ1) is 9.81. The lowest BCUT2D eigenvalue weighted by molar-refractivity contribution is 0.537. The van der Waals surface area contributed by atoms with Gasteiger partial charge in [-0.05, 0) is 26.2 Å². The van der Waals surface area contributed by atoms with E-state index in [1.165, 1.54) is 77.0 Å². The Hall–Kier alpha value is 0.0300. The molecule has 1 unspecified atom stereocenters. The Labute approximate surface area is 133 Å². The van der Waals surface area contributed by atoms with Gasteiger partial charge in [0.1, 0.15) is 0 Å². The predicted octanol–water partition coefficient (Wildman–Crippen LogP) is 7.65. The summed E-state index contributed by atoms with van der Waals surface area (Å²) in [5, 5.41) is 0.393. The molecule has 0 bridgehead atoms. The zero-order valence-electron chi connectivity index (χ0n) is 14.0. The highest BCUT2D eigenvalue weighted by molar-refractivity contribution is 6.20. The van der Waals surface area contributed by atoms with E-state index < -0.39 is 0 Å². The van der Waals surface area contributed by atoms with Crippen LogP contribution in [0.1, 0.15) is 104 Å². The van der Waals surface area contributed by atoms with E-state index in [0.717, 1.165) is 12.8 Å². The molecule has 0 aliphatic heterocycles. The molecule has 20 heavy (non-hydrogen) atoms. The van der Waals surface area contributed by atoms with Crippen LogP contribution in [0, 0.1) is 0 Å². The zero-order valence-corrected chi connectivity index (χ0v) is 14.8. The molecule has 0 rings (SSSR count). The van der Waals surface area contributed by atoms with Crippen molar-refractivity contribution in [3.8, 4) is 0 Å². The van der Waals surface area contributed by atoms with Crippen molar-refractivity contribution in [2.45, 2.75) is 109 Å². The van der Waals surface area contributed by atoms with E-state index >= 15 is 0 Å². The fourth-order valence-electron chi connectivity index (χ4n) is 2.62. The van der Waals surface area contributed by atoms with Gasteiger partial charge in [0.05, 0.1) is 0 Å². The molecule has 0 radical (unpaired) electrons. The van der Waals surface area contributed by atoms with Crippen LogP contribution in [0.3, 0.4) is 0 Å². The van der Waals surface area contributed by atoms with Gasteiger partial charge in [-0.3, -0.25) is 0 Å². The third-order valence-electron chi connectivity index (χ3n) is 4.00. The van der Waals surface area contributed by atoms with E-state index in [0.29, 0.717) is 5.38 Å². The van der Waals surface area contributed by atoms with Crippen molar-refractivity contribution in [1.29, 1.82) is 0 Å². The lowest BCUT2D eigenvalue weighted by Crippen LogP contribution is -1.97. The van der Waals surface area contributed by atoms with Crippen molar-refractivity contribution in [2.75, 3.05) is 0 Å². The van der Waals surface area contributed by atoms with Gasteiger partial charge in [0, 0.05) is 5.38 Å². The van der Waals surface area contributed by atoms with E-state index in [9.17, 15) is 0 Å². The fourth-order valence-corrected chi connectivity index (χ4v) is 2.90. The molecule has 0 nitrogen and oxygen atoms in total. The Bertz CT molecular complexity index is 198. The second kappa shape index (κ2) is 17.1. The molecule has 1 heteroatoms. The number of unbranched alkanes of at least 4 members (excludes halogenated alkanes) is 10. The highest BCUT2D eigenvalue weighted by atomic mass is 35.5. The molecule has 0 aromatic heterocycles. The molecule has 0 amide bonds. The number of hydrogen-bond acceptors (Lipinski definition) is 0. The Morgan fingerprint density at radius 1 is 0.750 bits per heavy atom. The van der Waals surface area contributed by atoms with Crippen molar-refractivity contribution >= 4 is 11.6 Å². The van der Waals surface area contributed by atoms with E-state index in [1.54, 1.807) is 0 Å². The van der Waals surface area contributed by atoms with Gasteiger partial charge < -0.3 is 0 Å². The summed E-state index contributed by atoms with van der Waals surface area (Å²) in [6, 6.07) is 0. The Kier molecular flexibility index (Phi) is 17.1. The molecule has 1 atom stereocenters. The molecule has 0 spiro atoms. The molecule has 0 aliphatic carbocycles. The topological polar surface area (TPSA) is 0 Å². The van der Waals surface area contributed by atoms with Crippen molar-refractivity contribution in [3.05, 3.63) is 12.2 Å². The maximum atomic E-state index is 6.31. The van der Waals surface area contributed by atoms with Crippen molar-refractivity contribution in [3.63, 3.8) is 0 Å². The first-order valence-electron chi connectivity index (χ1n) is 9.06. The summed E-state index contributed by atoms with van der Waals surface area (Å²) in [4.78, 5) is 0. The quantitative estimate of drug-likeness (QED) is 0.165. The summed E-state index contributed by atoms with van der Waals surface area (Å²) in [5.41, 5.74) is 0. The molecule has 0 saturated heterocycles.